The molecule has 0 saturated heterocycles. The number of nitrogens with one attached hydrogen (secondary N) is 1. The van der Waals surface area contributed by atoms with Crippen LogP contribution in [0.1, 0.15) is 17.3 Å². The van der Waals surface area contributed by atoms with E-state index in [0.29, 0.717) is 11.3 Å². The second-order valence-electron chi connectivity index (χ2n) is 5.50. The van der Waals surface area contributed by atoms with E-state index in [1.54, 1.807) is 35.6 Å². The van der Waals surface area contributed by atoms with Gasteiger partial charge in [0.05, 0.1) is 16.8 Å². The molecular formula is C18H17N3O2S. The molecule has 6 heteroatoms. The number of hydrogen-bond donors (Lipinski definition) is 1. The van der Waals surface area contributed by atoms with Gasteiger partial charge in [-0.1, -0.05) is 23.5 Å². The minimum atomic E-state index is -0.132. The van der Waals surface area contributed by atoms with E-state index in [1.807, 2.05) is 36.2 Å². The molecule has 1 heterocycles. The molecule has 0 radical (unpaired) electrons. The van der Waals surface area contributed by atoms with Crippen molar-refractivity contribution in [3.63, 3.8) is 0 Å². The van der Waals surface area contributed by atoms with E-state index in [1.165, 1.54) is 6.92 Å². The highest BCUT2D eigenvalue weighted by Crippen LogP contribution is 2.27. The van der Waals surface area contributed by atoms with Crippen LogP contribution in [-0.4, -0.2) is 30.3 Å². The van der Waals surface area contributed by atoms with Gasteiger partial charge in [0.15, 0.2) is 10.9 Å². The molecule has 0 spiro atoms. The van der Waals surface area contributed by atoms with Crippen LogP contribution in [-0.2, 0) is 4.79 Å². The summed E-state index contributed by atoms with van der Waals surface area (Å²) in [6, 6.07) is 14.8. The van der Waals surface area contributed by atoms with Gasteiger partial charge in [-0.2, -0.15) is 0 Å². The number of thiazole rings is 1. The molecule has 0 aliphatic heterocycles. The van der Waals surface area contributed by atoms with Gasteiger partial charge < -0.3 is 10.2 Å². The first-order valence-corrected chi connectivity index (χ1v) is 8.32. The Morgan fingerprint density at radius 1 is 1.12 bits per heavy atom. The summed E-state index contributed by atoms with van der Waals surface area (Å²) in [5.41, 5.74) is 2.23. The number of aromatic nitrogens is 1. The summed E-state index contributed by atoms with van der Waals surface area (Å²) in [6.45, 7) is 1.72. The van der Waals surface area contributed by atoms with Gasteiger partial charge in [-0.15, -0.1) is 0 Å². The van der Waals surface area contributed by atoms with Crippen LogP contribution in [0.25, 0.3) is 10.2 Å². The van der Waals surface area contributed by atoms with Crippen molar-refractivity contribution < 1.29 is 9.59 Å². The molecule has 0 atom stereocenters. The molecule has 1 amide bonds. The Labute approximate surface area is 143 Å². The number of likely N-dealkylation sites (N-methyl/N-ethyl adjacent to an activating group) is 1. The number of fused-ring (bicyclic) bond motifs is 1. The Balaban J connectivity index is 1.64. The van der Waals surface area contributed by atoms with E-state index in [0.717, 1.165) is 15.3 Å². The minimum absolute atomic E-state index is 0.00319. The number of carbonyl (C=O) groups is 2. The average Bonchev–Trinajstić information content (AvgIpc) is 2.99. The molecule has 1 N–H and O–H groups in total. The fourth-order valence-electron chi connectivity index (χ4n) is 2.30. The summed E-state index contributed by atoms with van der Waals surface area (Å²) in [5.74, 6) is -0.129. The minimum Gasteiger partial charge on any atom is -0.342 e. The molecular weight excluding hydrogens is 322 g/mol. The lowest BCUT2D eigenvalue weighted by atomic mass is 10.1. The molecule has 0 unspecified atom stereocenters. The van der Waals surface area contributed by atoms with Gasteiger partial charge in [0.25, 0.3) is 0 Å². The number of carbonyl (C=O) groups excluding carboxylic acids is 2. The SMILES string of the molecule is CC(=O)c1ccc(NC(=O)CN(C)c2nc3ccccc3s2)cc1. The van der Waals surface area contributed by atoms with Crippen molar-refractivity contribution in [3.8, 4) is 0 Å². The summed E-state index contributed by atoms with van der Waals surface area (Å²) in [6.07, 6.45) is 0. The predicted octanol–water partition coefficient (Wildman–Crippen LogP) is 3.57. The molecule has 3 rings (SSSR count). The van der Waals surface area contributed by atoms with Gasteiger partial charge in [0, 0.05) is 18.3 Å². The Bertz CT molecular complexity index is 854. The Kier molecular flexibility index (Phi) is 4.57. The largest absolute Gasteiger partial charge is 0.342 e. The summed E-state index contributed by atoms with van der Waals surface area (Å²) in [4.78, 5) is 29.8. The number of anilines is 2. The summed E-state index contributed by atoms with van der Waals surface area (Å²) < 4.78 is 1.10. The monoisotopic (exact) mass is 339 g/mol. The molecule has 24 heavy (non-hydrogen) atoms. The van der Waals surface area contributed by atoms with Gasteiger partial charge in [0.2, 0.25) is 5.91 Å². The van der Waals surface area contributed by atoms with Crippen molar-refractivity contribution in [2.75, 3.05) is 23.8 Å². The lowest BCUT2D eigenvalue weighted by Crippen LogP contribution is -2.29. The zero-order chi connectivity index (χ0) is 17.1. The van der Waals surface area contributed by atoms with Crippen LogP contribution in [0.15, 0.2) is 48.5 Å². The van der Waals surface area contributed by atoms with Crippen LogP contribution in [0.3, 0.4) is 0 Å². The van der Waals surface area contributed by atoms with Crippen molar-refractivity contribution in [1.29, 1.82) is 0 Å². The first-order chi connectivity index (χ1) is 11.5. The molecule has 2 aromatic carbocycles. The molecule has 5 nitrogen and oxygen atoms in total. The number of benzene rings is 2. The van der Waals surface area contributed by atoms with Crippen LogP contribution in [0, 0.1) is 0 Å². The second-order valence-corrected chi connectivity index (χ2v) is 6.51. The van der Waals surface area contributed by atoms with Crippen molar-refractivity contribution in [3.05, 3.63) is 54.1 Å². The fourth-order valence-corrected chi connectivity index (χ4v) is 3.22. The lowest BCUT2D eigenvalue weighted by molar-refractivity contribution is -0.114. The zero-order valence-electron chi connectivity index (χ0n) is 13.4. The summed E-state index contributed by atoms with van der Waals surface area (Å²) >= 11 is 1.56. The molecule has 3 aromatic rings. The normalized spacial score (nSPS) is 10.6. The van der Waals surface area contributed by atoms with Crippen molar-refractivity contribution in [2.45, 2.75) is 6.92 Å². The van der Waals surface area contributed by atoms with Gasteiger partial charge in [-0.25, -0.2) is 4.98 Å². The third-order valence-corrected chi connectivity index (χ3v) is 4.72. The Hall–Kier alpha value is -2.73. The summed E-state index contributed by atoms with van der Waals surface area (Å²) in [7, 11) is 1.84. The second kappa shape index (κ2) is 6.80. The van der Waals surface area contributed by atoms with E-state index in [9.17, 15) is 9.59 Å². The number of Topliss-reactive ketones (excluding diaryl/α,β-unsaturated/α-hetero) is 1. The van der Waals surface area contributed by atoms with Crippen LogP contribution in [0.4, 0.5) is 10.8 Å². The van der Waals surface area contributed by atoms with Crippen LogP contribution >= 0.6 is 11.3 Å². The predicted molar refractivity (Wildman–Crippen MR) is 98.0 cm³/mol. The van der Waals surface area contributed by atoms with Crippen LogP contribution in [0.2, 0.25) is 0 Å². The zero-order valence-corrected chi connectivity index (χ0v) is 14.3. The Morgan fingerprint density at radius 3 is 2.50 bits per heavy atom. The van der Waals surface area contributed by atoms with Crippen molar-refractivity contribution in [2.24, 2.45) is 0 Å². The van der Waals surface area contributed by atoms with Crippen molar-refractivity contribution in [1.82, 2.24) is 4.98 Å². The van der Waals surface area contributed by atoms with Crippen LogP contribution in [0.5, 0.6) is 0 Å². The highest BCUT2D eigenvalue weighted by molar-refractivity contribution is 7.22. The maximum atomic E-state index is 12.2. The quantitative estimate of drug-likeness (QED) is 0.722. The molecule has 0 bridgehead atoms. The molecule has 0 aliphatic carbocycles. The number of ketones is 1. The van der Waals surface area contributed by atoms with Gasteiger partial charge in [-0.05, 0) is 43.3 Å². The van der Waals surface area contributed by atoms with Gasteiger partial charge in [-0.3, -0.25) is 9.59 Å². The standard InChI is InChI=1S/C18H17N3O2S/c1-12(22)13-7-9-14(10-8-13)19-17(23)11-21(2)18-20-15-5-3-4-6-16(15)24-18/h3-10H,11H2,1-2H3,(H,19,23). The molecule has 0 saturated carbocycles. The van der Waals surface area contributed by atoms with E-state index < -0.39 is 0 Å². The smallest absolute Gasteiger partial charge is 0.243 e. The summed E-state index contributed by atoms with van der Waals surface area (Å²) in [5, 5.41) is 3.63. The number of hydrogen-bond acceptors (Lipinski definition) is 5. The van der Waals surface area contributed by atoms with Gasteiger partial charge >= 0.3 is 0 Å². The number of para-hydroxylation sites is 1. The van der Waals surface area contributed by atoms with E-state index >= 15 is 0 Å². The molecule has 122 valence electrons. The number of amides is 1. The third-order valence-electron chi connectivity index (χ3n) is 3.57. The number of nitrogens with zero attached hydrogens (tertiary/aromatic N) is 2. The average molecular weight is 339 g/mol. The Morgan fingerprint density at radius 2 is 1.83 bits per heavy atom. The third kappa shape index (κ3) is 3.60. The maximum Gasteiger partial charge on any atom is 0.243 e. The van der Waals surface area contributed by atoms with E-state index in [-0.39, 0.29) is 18.2 Å². The highest BCUT2D eigenvalue weighted by Gasteiger charge is 2.12. The fraction of sp³-hybridized carbons (Fsp3) is 0.167. The van der Waals surface area contributed by atoms with E-state index in [2.05, 4.69) is 10.3 Å². The highest BCUT2D eigenvalue weighted by atomic mass is 32.1. The van der Waals surface area contributed by atoms with Gasteiger partial charge in [0.1, 0.15) is 0 Å². The first kappa shape index (κ1) is 16.1. The lowest BCUT2D eigenvalue weighted by Gasteiger charge is -2.15. The first-order valence-electron chi connectivity index (χ1n) is 7.50. The van der Waals surface area contributed by atoms with E-state index in [4.69, 9.17) is 0 Å². The maximum absolute atomic E-state index is 12.2. The topological polar surface area (TPSA) is 62.3 Å². The molecule has 0 fully saturated rings. The molecule has 1 aromatic heterocycles. The number of rotatable bonds is 5. The van der Waals surface area contributed by atoms with Crippen molar-refractivity contribution >= 4 is 44.1 Å². The molecule has 0 aliphatic rings. The van der Waals surface area contributed by atoms with Crippen LogP contribution < -0.4 is 10.2 Å².